The van der Waals surface area contributed by atoms with Crippen molar-refractivity contribution in [1.82, 2.24) is 25.3 Å². The molecule has 1 aliphatic heterocycles. The van der Waals surface area contributed by atoms with Gasteiger partial charge in [0.05, 0.1) is 7.11 Å². The molecule has 0 radical (unpaired) electrons. The van der Waals surface area contributed by atoms with Crippen LogP contribution in [0.1, 0.15) is 65.7 Å². The van der Waals surface area contributed by atoms with Gasteiger partial charge >= 0.3 is 5.97 Å². The molecule has 274 valence electrons. The maximum absolute atomic E-state index is 13.0. The van der Waals surface area contributed by atoms with E-state index in [1.807, 2.05) is 74.5 Å². The molecule has 0 bridgehead atoms. The SMILES string of the molecule is COC(=O)c1nccnc1NC(=O)c1ccc(C)c2ccccc12.Cc1ccc(C(=O)Nc2nccnc2C(=O)NCC2CCOCC2)c2ccccc12. The summed E-state index contributed by atoms with van der Waals surface area (Å²) in [6, 6.07) is 22.7. The third-order valence-electron chi connectivity index (χ3n) is 9.12. The number of nitrogens with one attached hydrogen (secondary N) is 3. The predicted molar refractivity (Wildman–Crippen MR) is 205 cm³/mol. The Kier molecular flexibility index (Phi) is 11.9. The highest BCUT2D eigenvalue weighted by Crippen LogP contribution is 2.25. The summed E-state index contributed by atoms with van der Waals surface area (Å²) in [5, 5.41) is 12.0. The number of aryl methyl sites for hydroxylation is 2. The number of esters is 1. The van der Waals surface area contributed by atoms with E-state index in [1.54, 1.807) is 12.1 Å². The molecule has 7 rings (SSSR count). The second-order valence-corrected chi connectivity index (χ2v) is 12.6. The summed E-state index contributed by atoms with van der Waals surface area (Å²) < 4.78 is 10.0. The third kappa shape index (κ3) is 8.54. The van der Waals surface area contributed by atoms with Gasteiger partial charge in [-0.25, -0.2) is 24.7 Å². The fourth-order valence-electron chi connectivity index (χ4n) is 6.19. The maximum Gasteiger partial charge on any atom is 0.360 e. The molecule has 1 saturated heterocycles. The molecule has 13 nitrogen and oxygen atoms in total. The van der Waals surface area contributed by atoms with Gasteiger partial charge in [0.15, 0.2) is 23.0 Å². The molecule has 1 aliphatic rings. The van der Waals surface area contributed by atoms with Crippen LogP contribution in [0.4, 0.5) is 11.6 Å². The van der Waals surface area contributed by atoms with Crippen molar-refractivity contribution in [2.24, 2.45) is 5.92 Å². The van der Waals surface area contributed by atoms with Crippen LogP contribution in [-0.2, 0) is 9.47 Å². The number of aromatic nitrogens is 4. The summed E-state index contributed by atoms with van der Waals surface area (Å²) in [4.78, 5) is 66.4. The van der Waals surface area contributed by atoms with Crippen molar-refractivity contribution in [3.63, 3.8) is 0 Å². The summed E-state index contributed by atoms with van der Waals surface area (Å²) in [5.41, 5.74) is 3.26. The summed E-state index contributed by atoms with van der Waals surface area (Å²) >= 11 is 0. The zero-order valence-corrected chi connectivity index (χ0v) is 30.1. The van der Waals surface area contributed by atoms with Crippen molar-refractivity contribution >= 4 is 56.9 Å². The van der Waals surface area contributed by atoms with Crippen molar-refractivity contribution in [2.75, 3.05) is 37.5 Å². The monoisotopic (exact) mass is 725 g/mol. The van der Waals surface area contributed by atoms with Gasteiger partial charge < -0.3 is 25.4 Å². The van der Waals surface area contributed by atoms with Gasteiger partial charge in [-0.2, -0.15) is 0 Å². The Bertz CT molecular complexity index is 2340. The number of rotatable bonds is 8. The largest absolute Gasteiger partial charge is 0.464 e. The molecule has 0 saturated carbocycles. The van der Waals surface area contributed by atoms with Crippen LogP contribution < -0.4 is 16.0 Å². The number of hydrogen-bond donors (Lipinski definition) is 3. The number of carbonyl (C=O) groups is 4. The molecule has 4 aromatic carbocycles. The van der Waals surface area contributed by atoms with Crippen LogP contribution in [-0.4, -0.2) is 70.5 Å². The lowest BCUT2D eigenvalue weighted by molar-refractivity contribution is 0.0594. The van der Waals surface area contributed by atoms with E-state index in [2.05, 4.69) is 40.6 Å². The minimum absolute atomic E-state index is 0.0373. The van der Waals surface area contributed by atoms with Crippen molar-refractivity contribution < 1.29 is 28.7 Å². The molecule has 3 heterocycles. The molecule has 2 aromatic heterocycles. The lowest BCUT2D eigenvalue weighted by Crippen LogP contribution is -2.33. The second-order valence-electron chi connectivity index (χ2n) is 12.6. The first-order chi connectivity index (χ1) is 26.2. The fourth-order valence-corrected chi connectivity index (χ4v) is 6.19. The summed E-state index contributed by atoms with van der Waals surface area (Å²) in [5.74, 6) is -1.10. The van der Waals surface area contributed by atoms with Crippen molar-refractivity contribution in [2.45, 2.75) is 26.7 Å². The first kappa shape index (κ1) is 37.2. The van der Waals surface area contributed by atoms with E-state index < -0.39 is 5.97 Å². The Morgan fingerprint density at radius 2 is 1.09 bits per heavy atom. The average Bonchev–Trinajstić information content (AvgIpc) is 3.21. The molecular weight excluding hydrogens is 686 g/mol. The van der Waals surface area contributed by atoms with Gasteiger partial charge in [0, 0.05) is 55.7 Å². The molecular formula is C41H39N7O6. The molecule has 6 aromatic rings. The lowest BCUT2D eigenvalue weighted by atomic mass is 10.00. The molecule has 0 atom stereocenters. The third-order valence-corrected chi connectivity index (χ3v) is 9.12. The van der Waals surface area contributed by atoms with Crippen LogP contribution in [0.5, 0.6) is 0 Å². The predicted octanol–water partition coefficient (Wildman–Crippen LogP) is 6.32. The van der Waals surface area contributed by atoms with E-state index in [1.165, 1.54) is 31.9 Å². The van der Waals surface area contributed by atoms with Gasteiger partial charge in [0.1, 0.15) is 0 Å². The summed E-state index contributed by atoms with van der Waals surface area (Å²) in [6.45, 7) is 5.99. The van der Waals surface area contributed by atoms with Crippen LogP contribution in [0.3, 0.4) is 0 Å². The number of fused-ring (bicyclic) bond motifs is 2. The summed E-state index contributed by atoms with van der Waals surface area (Å²) in [7, 11) is 1.25. The number of benzene rings is 4. The molecule has 1 fully saturated rings. The van der Waals surface area contributed by atoms with Gasteiger partial charge in [0.2, 0.25) is 0 Å². The number of ether oxygens (including phenoxy) is 2. The zero-order chi connectivity index (χ0) is 38.0. The Morgan fingerprint density at radius 1 is 0.630 bits per heavy atom. The van der Waals surface area contributed by atoms with E-state index in [9.17, 15) is 19.2 Å². The Hall–Kier alpha value is -6.60. The van der Waals surface area contributed by atoms with E-state index >= 15 is 0 Å². The highest BCUT2D eigenvalue weighted by atomic mass is 16.5. The molecule has 54 heavy (non-hydrogen) atoms. The van der Waals surface area contributed by atoms with E-state index in [0.717, 1.165) is 58.7 Å². The smallest absolute Gasteiger partial charge is 0.360 e. The highest BCUT2D eigenvalue weighted by molar-refractivity contribution is 6.15. The van der Waals surface area contributed by atoms with Gasteiger partial charge in [0.25, 0.3) is 17.7 Å². The average molecular weight is 726 g/mol. The number of carbonyl (C=O) groups excluding carboxylic acids is 4. The summed E-state index contributed by atoms with van der Waals surface area (Å²) in [6.07, 6.45) is 7.51. The standard InChI is InChI=1S/C23H24N4O3.C18H15N3O3/c1-15-6-7-19(18-5-3-2-4-17(15)18)22(28)27-21-20(24-10-11-25-21)23(29)26-14-16-8-12-30-13-9-16;1-11-7-8-14(13-6-4-3-5-12(11)13)17(22)21-16-15(18(23)24-2)19-9-10-20-16/h2-7,10-11,16H,8-9,12-14H2,1H3,(H,26,29)(H,25,27,28);3-10H,1-2H3,(H,20,21,22). The van der Waals surface area contributed by atoms with Crippen LogP contribution in [0.25, 0.3) is 21.5 Å². The van der Waals surface area contributed by atoms with Gasteiger partial charge in [-0.15, -0.1) is 0 Å². The minimum atomic E-state index is -0.660. The van der Waals surface area contributed by atoms with Crippen LogP contribution >= 0.6 is 0 Å². The first-order valence-corrected chi connectivity index (χ1v) is 17.4. The molecule has 3 N–H and O–H groups in total. The van der Waals surface area contributed by atoms with Gasteiger partial charge in [-0.3, -0.25) is 14.4 Å². The first-order valence-electron chi connectivity index (χ1n) is 17.4. The number of methoxy groups -OCH3 is 1. The maximum atomic E-state index is 13.0. The highest BCUT2D eigenvalue weighted by Gasteiger charge is 2.21. The van der Waals surface area contributed by atoms with Crippen LogP contribution in [0.15, 0.2) is 97.6 Å². The topological polar surface area (TPSA) is 174 Å². The van der Waals surface area contributed by atoms with Gasteiger partial charge in [-0.1, -0.05) is 60.7 Å². The van der Waals surface area contributed by atoms with Gasteiger partial charge in [-0.05, 0) is 77.4 Å². The Balaban J connectivity index is 0.000000189. The second kappa shape index (κ2) is 17.3. The molecule has 0 unspecified atom stereocenters. The minimum Gasteiger partial charge on any atom is -0.464 e. The lowest BCUT2D eigenvalue weighted by Gasteiger charge is -2.22. The number of nitrogens with zero attached hydrogens (tertiary/aromatic N) is 4. The molecule has 3 amide bonds. The van der Waals surface area contributed by atoms with E-state index in [4.69, 9.17) is 4.74 Å². The Morgan fingerprint density at radius 3 is 1.61 bits per heavy atom. The normalized spacial score (nSPS) is 12.6. The quantitative estimate of drug-likeness (QED) is 0.151. The zero-order valence-electron chi connectivity index (χ0n) is 30.1. The fraction of sp³-hybridized carbons (Fsp3) is 0.220. The number of anilines is 2. The van der Waals surface area contributed by atoms with E-state index in [0.29, 0.717) is 23.6 Å². The van der Waals surface area contributed by atoms with Crippen LogP contribution in [0, 0.1) is 19.8 Å². The molecule has 0 spiro atoms. The van der Waals surface area contributed by atoms with Crippen LogP contribution in [0.2, 0.25) is 0 Å². The van der Waals surface area contributed by atoms with E-state index in [-0.39, 0.29) is 40.7 Å². The van der Waals surface area contributed by atoms with Crippen molar-refractivity contribution in [3.05, 3.63) is 131 Å². The number of hydrogen-bond acceptors (Lipinski definition) is 10. The molecule has 13 heteroatoms. The van der Waals surface area contributed by atoms with Crippen molar-refractivity contribution in [3.8, 4) is 0 Å². The number of amides is 3. The van der Waals surface area contributed by atoms with Crippen molar-refractivity contribution in [1.29, 1.82) is 0 Å². The Labute approximate surface area is 311 Å². The molecule has 0 aliphatic carbocycles.